The van der Waals surface area contributed by atoms with Crippen LogP contribution in [0.3, 0.4) is 0 Å². The minimum Gasteiger partial charge on any atom is -0.467 e. The van der Waals surface area contributed by atoms with E-state index in [4.69, 9.17) is 14.0 Å². The normalized spacial score (nSPS) is 23.2. The summed E-state index contributed by atoms with van der Waals surface area (Å²) in [4.78, 5) is 28.5. The average molecular weight is 550 g/mol. The number of halogens is 1. The number of carbonyl (C=O) groups excluding carboxylic acids is 1. The van der Waals surface area contributed by atoms with Gasteiger partial charge in [-0.2, -0.15) is 4.98 Å². The van der Waals surface area contributed by atoms with E-state index in [2.05, 4.69) is 26.7 Å². The number of benzene rings is 1. The van der Waals surface area contributed by atoms with Gasteiger partial charge in [-0.05, 0) is 63.1 Å². The molecule has 0 unspecified atom stereocenters. The summed E-state index contributed by atoms with van der Waals surface area (Å²) < 4.78 is 27.3. The largest absolute Gasteiger partial charge is 0.467 e. The van der Waals surface area contributed by atoms with E-state index in [1.165, 1.54) is 0 Å². The summed E-state index contributed by atoms with van der Waals surface area (Å²) >= 11 is 0. The first kappa shape index (κ1) is 27.9. The number of nitrogens with zero attached hydrogens (tertiary/aromatic N) is 5. The Morgan fingerprint density at radius 3 is 2.55 bits per heavy atom. The Bertz CT molecular complexity index is 1300. The number of aromatic nitrogens is 4. The quantitative estimate of drug-likeness (QED) is 0.314. The maximum absolute atomic E-state index is 13.4. The van der Waals surface area contributed by atoms with E-state index in [0.29, 0.717) is 37.4 Å². The molecule has 2 aliphatic carbocycles. The molecular formula is C30H36FN5O4. The van der Waals surface area contributed by atoms with Crippen LogP contribution in [0.25, 0.3) is 11.5 Å². The van der Waals surface area contributed by atoms with Crippen molar-refractivity contribution in [2.24, 2.45) is 5.41 Å². The predicted octanol–water partition coefficient (Wildman–Crippen LogP) is 6.13. The molecule has 0 spiro atoms. The van der Waals surface area contributed by atoms with Crippen LogP contribution in [0.15, 0.2) is 54.1 Å². The lowest BCUT2D eigenvalue weighted by molar-refractivity contribution is -0.187. The number of hydrogen-bond donors (Lipinski definition) is 0. The lowest BCUT2D eigenvalue weighted by Crippen LogP contribution is -2.54. The lowest BCUT2D eigenvalue weighted by Gasteiger charge is -2.54. The first-order chi connectivity index (χ1) is 19.4. The number of rotatable bonds is 9. The molecule has 0 N–H and O–H groups in total. The third kappa shape index (κ3) is 5.77. The molecule has 2 bridgehead atoms. The molecule has 9 nitrogen and oxygen atoms in total. The van der Waals surface area contributed by atoms with Gasteiger partial charge in [-0.15, -0.1) is 0 Å². The van der Waals surface area contributed by atoms with Crippen LogP contribution in [0.5, 0.6) is 6.01 Å². The van der Waals surface area contributed by atoms with Gasteiger partial charge in [0.1, 0.15) is 0 Å². The molecule has 10 heteroatoms. The monoisotopic (exact) mass is 549 g/mol. The summed E-state index contributed by atoms with van der Waals surface area (Å²) in [6, 6.07) is 8.28. The van der Waals surface area contributed by atoms with Crippen molar-refractivity contribution in [3.63, 3.8) is 0 Å². The second-order valence-electron chi connectivity index (χ2n) is 10.9. The Balaban J connectivity index is 0.00000103. The molecule has 40 heavy (non-hydrogen) atoms. The topological polar surface area (TPSA) is 103 Å². The highest BCUT2D eigenvalue weighted by atomic mass is 19.1. The number of hydrogen-bond acceptors (Lipinski definition) is 8. The molecule has 1 amide bonds. The minimum atomic E-state index is -0.358. The maximum Gasteiger partial charge on any atom is 0.316 e. The van der Waals surface area contributed by atoms with E-state index < -0.39 is 0 Å². The fourth-order valence-electron chi connectivity index (χ4n) is 5.67. The molecule has 0 radical (unpaired) electrons. The Morgan fingerprint density at radius 2 is 1.95 bits per heavy atom. The number of carbonyl (C=O) groups is 1. The molecule has 2 saturated heterocycles. The highest BCUT2D eigenvalue weighted by Gasteiger charge is 2.52. The smallest absolute Gasteiger partial charge is 0.316 e. The molecule has 1 aromatic carbocycles. The molecule has 3 aromatic rings. The van der Waals surface area contributed by atoms with Crippen molar-refractivity contribution in [3.05, 3.63) is 61.0 Å². The van der Waals surface area contributed by atoms with E-state index >= 15 is 0 Å². The van der Waals surface area contributed by atoms with Gasteiger partial charge >= 0.3 is 6.01 Å². The second kappa shape index (κ2) is 11.8. The number of ether oxygens (including phenoxy) is 2. The summed E-state index contributed by atoms with van der Waals surface area (Å²) in [5.74, 6) is 1.85. The summed E-state index contributed by atoms with van der Waals surface area (Å²) in [5.41, 5.74) is 2.26. The fraction of sp³-hybridized carbons (Fsp3) is 0.500. The zero-order valence-electron chi connectivity index (χ0n) is 23.1. The number of fused-ring (bicyclic) bond motifs is 3. The molecule has 212 valence electrons. The molecule has 0 atom stereocenters. The van der Waals surface area contributed by atoms with Gasteiger partial charge in [0.05, 0.1) is 25.6 Å². The van der Waals surface area contributed by atoms with Crippen LogP contribution in [0, 0.1) is 5.41 Å². The molecule has 2 saturated carbocycles. The average Bonchev–Trinajstić information content (AvgIpc) is 3.73. The fourth-order valence-corrected chi connectivity index (χ4v) is 5.67. The van der Waals surface area contributed by atoms with Crippen molar-refractivity contribution < 1.29 is 23.2 Å². The third-order valence-corrected chi connectivity index (χ3v) is 8.16. The zero-order chi connectivity index (χ0) is 28.2. The second-order valence-corrected chi connectivity index (χ2v) is 10.9. The standard InChI is InChI=1S/C28H33N5O4.C2H3F/c1-3-5-23(34)33(22-7-4-6-20(14-22)25-31-24(32-37-25)19-8-9-19)17-27-10-12-28(13-11-27,36-18-27)21-15-29-26(35-2)30-16-21;1-2-3/h4,6-7,14-16,19H,3,5,8-13,17-18H2,1-2H3;2H,1H2. The van der Waals surface area contributed by atoms with Crippen molar-refractivity contribution in [1.82, 2.24) is 20.1 Å². The van der Waals surface area contributed by atoms with Crippen LogP contribution in [0.2, 0.25) is 0 Å². The van der Waals surface area contributed by atoms with E-state index in [0.717, 1.165) is 67.6 Å². The summed E-state index contributed by atoms with van der Waals surface area (Å²) in [6.45, 7) is 5.96. The van der Waals surface area contributed by atoms with Crippen LogP contribution in [0.4, 0.5) is 10.1 Å². The molecule has 4 fully saturated rings. The first-order valence-electron chi connectivity index (χ1n) is 13.9. The van der Waals surface area contributed by atoms with Gasteiger partial charge in [-0.25, -0.2) is 14.4 Å². The van der Waals surface area contributed by atoms with Gasteiger partial charge in [0.15, 0.2) is 5.82 Å². The SMILES string of the molecule is C=CF.CCCC(=O)N(CC12CCC(c3cnc(OC)nc3)(CC1)OC2)c1cccc(-c2nc(C3CC3)no2)c1. The number of amides is 1. The zero-order valence-corrected chi connectivity index (χ0v) is 23.1. The van der Waals surface area contributed by atoms with Crippen LogP contribution < -0.4 is 9.64 Å². The van der Waals surface area contributed by atoms with E-state index in [1.54, 1.807) is 7.11 Å². The van der Waals surface area contributed by atoms with Gasteiger partial charge < -0.3 is 18.9 Å². The van der Waals surface area contributed by atoms with Crippen LogP contribution in [0.1, 0.15) is 75.6 Å². The molecular weight excluding hydrogens is 513 g/mol. The lowest BCUT2D eigenvalue weighted by atomic mass is 9.64. The van der Waals surface area contributed by atoms with Crippen molar-refractivity contribution in [2.75, 3.05) is 25.2 Å². The van der Waals surface area contributed by atoms with Crippen molar-refractivity contribution in [2.45, 2.75) is 69.8 Å². The van der Waals surface area contributed by atoms with Crippen LogP contribution in [-0.2, 0) is 15.1 Å². The van der Waals surface area contributed by atoms with Gasteiger partial charge in [-0.1, -0.05) is 24.7 Å². The van der Waals surface area contributed by atoms with Gasteiger partial charge in [-0.3, -0.25) is 4.79 Å². The highest BCUT2D eigenvalue weighted by molar-refractivity contribution is 5.94. The Labute approximate surface area is 233 Å². The van der Waals surface area contributed by atoms with Crippen molar-refractivity contribution in [3.8, 4) is 17.5 Å². The molecule has 2 aliphatic heterocycles. The Morgan fingerprint density at radius 1 is 1.23 bits per heavy atom. The van der Waals surface area contributed by atoms with Crippen molar-refractivity contribution >= 4 is 11.6 Å². The summed E-state index contributed by atoms with van der Waals surface area (Å²) in [6.07, 6.45) is 11.1. The third-order valence-electron chi connectivity index (χ3n) is 8.16. The number of anilines is 1. The summed E-state index contributed by atoms with van der Waals surface area (Å²) in [5, 5.41) is 4.16. The van der Waals surface area contributed by atoms with Gasteiger partial charge in [0.25, 0.3) is 5.89 Å². The van der Waals surface area contributed by atoms with E-state index in [-0.39, 0.29) is 23.3 Å². The van der Waals surface area contributed by atoms with Crippen LogP contribution >= 0.6 is 0 Å². The van der Waals surface area contributed by atoms with E-state index in [9.17, 15) is 9.18 Å². The Kier molecular flexibility index (Phi) is 8.25. The Hall–Kier alpha value is -3.66. The molecule has 7 rings (SSSR count). The highest BCUT2D eigenvalue weighted by Crippen LogP contribution is 2.54. The maximum atomic E-state index is 13.4. The number of methoxy groups -OCH3 is 1. The summed E-state index contributed by atoms with van der Waals surface area (Å²) in [7, 11) is 1.56. The molecule has 4 aliphatic rings. The van der Waals surface area contributed by atoms with Crippen molar-refractivity contribution in [1.29, 1.82) is 0 Å². The first-order valence-corrected chi connectivity index (χ1v) is 13.9. The minimum absolute atomic E-state index is 0.0852. The molecule has 4 heterocycles. The molecule has 2 aromatic heterocycles. The van der Waals surface area contributed by atoms with Gasteiger partial charge in [0.2, 0.25) is 5.91 Å². The van der Waals surface area contributed by atoms with Crippen LogP contribution in [-0.4, -0.2) is 46.3 Å². The predicted molar refractivity (Wildman–Crippen MR) is 147 cm³/mol. The van der Waals surface area contributed by atoms with E-state index in [1.807, 2.05) is 48.5 Å². The van der Waals surface area contributed by atoms with Gasteiger partial charge in [0, 0.05) is 53.5 Å².